The molecule has 0 aliphatic heterocycles. The molecule has 0 aromatic heterocycles. The normalized spacial score (nSPS) is 20.0. The molecule has 1 amide bonds. The summed E-state index contributed by atoms with van der Waals surface area (Å²) < 4.78 is 4.66. The fraction of sp³-hybridized carbons (Fsp3) is 0.438. The van der Waals surface area contributed by atoms with Gasteiger partial charge < -0.3 is 10.1 Å². The van der Waals surface area contributed by atoms with Gasteiger partial charge in [-0.15, -0.1) is 0 Å². The van der Waals surface area contributed by atoms with E-state index in [1.165, 1.54) is 7.11 Å². The standard InChI is InChI=1S/C16H16N2O3/c1-21-13(19)11-2-4-12(5-3-11)16(8-9-16)18-14(20)15(10-17)6-7-15/h2-5H,6-9H2,1H3,(H,18,20). The van der Waals surface area contributed by atoms with Crippen molar-refractivity contribution in [2.75, 3.05) is 7.11 Å². The zero-order valence-electron chi connectivity index (χ0n) is 11.8. The van der Waals surface area contributed by atoms with E-state index >= 15 is 0 Å². The summed E-state index contributed by atoms with van der Waals surface area (Å²) in [7, 11) is 1.34. The van der Waals surface area contributed by atoms with Crippen molar-refractivity contribution in [2.45, 2.75) is 31.2 Å². The van der Waals surface area contributed by atoms with Gasteiger partial charge in [-0.25, -0.2) is 4.79 Å². The molecule has 1 aromatic carbocycles. The van der Waals surface area contributed by atoms with Crippen LogP contribution >= 0.6 is 0 Å². The minimum absolute atomic E-state index is 0.167. The van der Waals surface area contributed by atoms with Gasteiger partial charge in [0, 0.05) is 0 Å². The van der Waals surface area contributed by atoms with E-state index in [0.29, 0.717) is 18.4 Å². The Balaban J connectivity index is 1.76. The summed E-state index contributed by atoms with van der Waals surface area (Å²) in [6.45, 7) is 0. The summed E-state index contributed by atoms with van der Waals surface area (Å²) in [6.07, 6.45) is 3.01. The van der Waals surface area contributed by atoms with Gasteiger partial charge in [-0.2, -0.15) is 5.26 Å². The summed E-state index contributed by atoms with van der Waals surface area (Å²) in [6, 6.07) is 9.19. The second kappa shape index (κ2) is 4.59. The fourth-order valence-corrected chi connectivity index (χ4v) is 2.51. The number of hydrogen-bond acceptors (Lipinski definition) is 4. The number of nitrogens with one attached hydrogen (secondary N) is 1. The Kier molecular flexibility index (Phi) is 2.98. The number of nitrogens with zero attached hydrogens (tertiary/aromatic N) is 1. The van der Waals surface area contributed by atoms with Gasteiger partial charge in [0.15, 0.2) is 0 Å². The van der Waals surface area contributed by atoms with Gasteiger partial charge in [-0.05, 0) is 43.4 Å². The molecule has 2 aliphatic rings. The first kappa shape index (κ1) is 13.6. The Morgan fingerprint density at radius 1 is 1.19 bits per heavy atom. The van der Waals surface area contributed by atoms with Crippen molar-refractivity contribution in [3.8, 4) is 6.07 Å². The van der Waals surface area contributed by atoms with Crippen molar-refractivity contribution in [3.63, 3.8) is 0 Å². The minimum Gasteiger partial charge on any atom is -0.465 e. The number of amides is 1. The summed E-state index contributed by atoms with van der Waals surface area (Å²) >= 11 is 0. The van der Waals surface area contributed by atoms with Crippen LogP contribution in [-0.4, -0.2) is 19.0 Å². The quantitative estimate of drug-likeness (QED) is 0.856. The highest BCUT2D eigenvalue weighted by molar-refractivity contribution is 5.90. The lowest BCUT2D eigenvalue weighted by atomic mass is 10.0. The molecule has 5 heteroatoms. The SMILES string of the molecule is COC(=O)c1ccc(C2(NC(=O)C3(C#N)CC3)CC2)cc1. The number of esters is 1. The predicted octanol–water partition coefficient (Wildman–Crippen LogP) is 1.88. The van der Waals surface area contributed by atoms with E-state index in [9.17, 15) is 9.59 Å². The number of benzene rings is 1. The van der Waals surface area contributed by atoms with E-state index in [1.807, 2.05) is 12.1 Å². The molecule has 2 saturated carbocycles. The zero-order chi connectivity index (χ0) is 15.1. The van der Waals surface area contributed by atoms with Crippen molar-refractivity contribution in [1.82, 2.24) is 5.32 Å². The van der Waals surface area contributed by atoms with Gasteiger partial charge in [0.25, 0.3) is 0 Å². The van der Waals surface area contributed by atoms with Crippen LogP contribution in [-0.2, 0) is 15.1 Å². The number of nitriles is 1. The van der Waals surface area contributed by atoms with Gasteiger partial charge in [0.05, 0.1) is 24.3 Å². The van der Waals surface area contributed by atoms with Crippen LogP contribution in [0.4, 0.5) is 0 Å². The average molecular weight is 284 g/mol. The molecular weight excluding hydrogens is 268 g/mol. The third-order valence-corrected chi connectivity index (χ3v) is 4.36. The van der Waals surface area contributed by atoms with Crippen LogP contribution in [0.2, 0.25) is 0 Å². The maximum atomic E-state index is 12.2. The largest absolute Gasteiger partial charge is 0.465 e. The predicted molar refractivity (Wildman–Crippen MR) is 74.1 cm³/mol. The zero-order valence-corrected chi connectivity index (χ0v) is 11.8. The third-order valence-electron chi connectivity index (χ3n) is 4.36. The highest BCUT2D eigenvalue weighted by atomic mass is 16.5. The molecule has 1 aromatic rings. The number of rotatable bonds is 4. The van der Waals surface area contributed by atoms with Crippen molar-refractivity contribution in [1.29, 1.82) is 5.26 Å². The van der Waals surface area contributed by atoms with Gasteiger partial charge in [0.2, 0.25) is 5.91 Å². The van der Waals surface area contributed by atoms with Crippen LogP contribution < -0.4 is 5.32 Å². The molecule has 1 N–H and O–H groups in total. The molecule has 108 valence electrons. The second-order valence-corrected chi connectivity index (χ2v) is 5.80. The first-order chi connectivity index (χ1) is 10.1. The van der Waals surface area contributed by atoms with Gasteiger partial charge in [-0.1, -0.05) is 12.1 Å². The Bertz CT molecular complexity index is 634. The molecule has 3 rings (SSSR count). The Morgan fingerprint density at radius 2 is 1.81 bits per heavy atom. The fourth-order valence-electron chi connectivity index (χ4n) is 2.51. The molecule has 2 aliphatic carbocycles. The molecule has 0 saturated heterocycles. The van der Waals surface area contributed by atoms with Crippen LogP contribution in [0, 0.1) is 16.7 Å². The van der Waals surface area contributed by atoms with E-state index in [0.717, 1.165) is 18.4 Å². The van der Waals surface area contributed by atoms with Crippen molar-refractivity contribution < 1.29 is 14.3 Å². The molecule has 5 nitrogen and oxygen atoms in total. The van der Waals surface area contributed by atoms with E-state index < -0.39 is 5.41 Å². The number of methoxy groups -OCH3 is 1. The lowest BCUT2D eigenvalue weighted by Crippen LogP contribution is -2.39. The van der Waals surface area contributed by atoms with E-state index in [2.05, 4.69) is 16.1 Å². The monoisotopic (exact) mass is 284 g/mol. The first-order valence-electron chi connectivity index (χ1n) is 6.98. The second-order valence-electron chi connectivity index (χ2n) is 5.80. The molecule has 0 spiro atoms. The average Bonchev–Trinajstić information content (AvgIpc) is 3.41. The van der Waals surface area contributed by atoms with Crippen LogP contribution in [0.3, 0.4) is 0 Å². The van der Waals surface area contributed by atoms with Crippen LogP contribution in [0.1, 0.15) is 41.6 Å². The Labute approximate surface area is 122 Å². The first-order valence-corrected chi connectivity index (χ1v) is 6.98. The van der Waals surface area contributed by atoms with Gasteiger partial charge >= 0.3 is 5.97 Å². The maximum absolute atomic E-state index is 12.2. The van der Waals surface area contributed by atoms with E-state index in [4.69, 9.17) is 5.26 Å². The molecular formula is C16H16N2O3. The lowest BCUT2D eigenvalue weighted by Gasteiger charge is -2.20. The lowest BCUT2D eigenvalue weighted by molar-refractivity contribution is -0.125. The Morgan fingerprint density at radius 3 is 2.24 bits per heavy atom. The molecule has 0 heterocycles. The Hall–Kier alpha value is -2.35. The smallest absolute Gasteiger partial charge is 0.337 e. The molecule has 0 atom stereocenters. The summed E-state index contributed by atoms with van der Waals surface area (Å²) in [5, 5.41) is 12.1. The number of carbonyl (C=O) groups excluding carboxylic acids is 2. The van der Waals surface area contributed by atoms with Crippen molar-refractivity contribution >= 4 is 11.9 Å². The van der Waals surface area contributed by atoms with Gasteiger partial charge in [0.1, 0.15) is 5.41 Å². The van der Waals surface area contributed by atoms with E-state index in [1.54, 1.807) is 12.1 Å². The number of carbonyl (C=O) groups is 2. The van der Waals surface area contributed by atoms with Crippen molar-refractivity contribution in [3.05, 3.63) is 35.4 Å². The maximum Gasteiger partial charge on any atom is 0.337 e. The highest BCUT2D eigenvalue weighted by Crippen LogP contribution is 2.50. The minimum atomic E-state index is -0.804. The summed E-state index contributed by atoms with van der Waals surface area (Å²) in [4.78, 5) is 23.6. The molecule has 0 unspecified atom stereocenters. The number of hydrogen-bond donors (Lipinski definition) is 1. The molecule has 0 bridgehead atoms. The van der Waals surface area contributed by atoms with E-state index in [-0.39, 0.29) is 17.4 Å². The molecule has 21 heavy (non-hydrogen) atoms. The topological polar surface area (TPSA) is 79.2 Å². The number of ether oxygens (including phenoxy) is 1. The van der Waals surface area contributed by atoms with Crippen LogP contribution in [0.15, 0.2) is 24.3 Å². The highest BCUT2D eigenvalue weighted by Gasteiger charge is 2.55. The van der Waals surface area contributed by atoms with Crippen LogP contribution in [0.25, 0.3) is 0 Å². The third kappa shape index (κ3) is 2.27. The van der Waals surface area contributed by atoms with Crippen molar-refractivity contribution in [2.24, 2.45) is 5.41 Å². The summed E-state index contributed by atoms with van der Waals surface area (Å²) in [5.74, 6) is -0.545. The molecule has 0 radical (unpaired) electrons. The summed E-state index contributed by atoms with van der Waals surface area (Å²) in [5.41, 5.74) is 0.288. The van der Waals surface area contributed by atoms with Gasteiger partial charge in [-0.3, -0.25) is 4.79 Å². The molecule has 2 fully saturated rings. The van der Waals surface area contributed by atoms with Crippen LogP contribution in [0.5, 0.6) is 0 Å².